The van der Waals surface area contributed by atoms with Crippen molar-refractivity contribution in [1.82, 2.24) is 44.5 Å². The van der Waals surface area contributed by atoms with Crippen molar-refractivity contribution in [3.8, 4) is 11.3 Å². The minimum absolute atomic E-state index is 0.0300. The van der Waals surface area contributed by atoms with Crippen LogP contribution in [0.5, 0.6) is 0 Å². The van der Waals surface area contributed by atoms with E-state index in [4.69, 9.17) is 10.1 Å². The number of nitrogens with zero attached hydrogens (tertiary/aromatic N) is 9. The SMILES string of the molecule is C=CCn1ncc2sc(Cn3nnc4ncc(-c5cnn(CCO)c5)nc43)cc21. The number of hydrogen-bond donors (Lipinski definition) is 1. The van der Waals surface area contributed by atoms with E-state index >= 15 is 0 Å². The molecule has 0 atom stereocenters. The quantitative estimate of drug-likeness (QED) is 0.409. The van der Waals surface area contributed by atoms with Gasteiger partial charge >= 0.3 is 0 Å². The molecule has 5 aromatic rings. The number of aromatic nitrogens is 9. The van der Waals surface area contributed by atoms with Crippen LogP contribution in [0.2, 0.25) is 0 Å². The van der Waals surface area contributed by atoms with Crippen LogP contribution in [0.15, 0.2) is 43.5 Å². The fourth-order valence-electron chi connectivity index (χ4n) is 3.14. The van der Waals surface area contributed by atoms with Crippen LogP contribution < -0.4 is 0 Å². The van der Waals surface area contributed by atoms with Crippen molar-refractivity contribution in [3.63, 3.8) is 0 Å². The molecule has 0 radical (unpaired) electrons. The number of aliphatic hydroxyl groups is 1. The van der Waals surface area contributed by atoms with Gasteiger partial charge in [0.2, 0.25) is 5.65 Å². The van der Waals surface area contributed by atoms with Gasteiger partial charge in [0, 0.05) is 16.6 Å². The van der Waals surface area contributed by atoms with Crippen molar-refractivity contribution in [1.29, 1.82) is 0 Å². The van der Waals surface area contributed by atoms with Crippen molar-refractivity contribution in [2.75, 3.05) is 6.61 Å². The van der Waals surface area contributed by atoms with Crippen LogP contribution in [0, 0.1) is 0 Å². The van der Waals surface area contributed by atoms with E-state index < -0.39 is 0 Å². The van der Waals surface area contributed by atoms with Crippen LogP contribution >= 0.6 is 11.3 Å². The lowest BCUT2D eigenvalue weighted by Crippen LogP contribution is -2.02. The zero-order valence-electron chi connectivity index (χ0n) is 15.4. The van der Waals surface area contributed by atoms with Crippen molar-refractivity contribution < 1.29 is 5.11 Å². The second-order valence-electron chi connectivity index (χ2n) is 6.44. The van der Waals surface area contributed by atoms with Crippen molar-refractivity contribution in [2.24, 2.45) is 0 Å². The molecule has 5 rings (SSSR count). The highest BCUT2D eigenvalue weighted by Gasteiger charge is 2.14. The van der Waals surface area contributed by atoms with Crippen LogP contribution in [0.4, 0.5) is 0 Å². The Kier molecular flexibility index (Phi) is 4.37. The summed E-state index contributed by atoms with van der Waals surface area (Å²) in [6, 6.07) is 2.11. The van der Waals surface area contributed by atoms with Gasteiger partial charge in [-0.3, -0.25) is 9.36 Å². The number of thiophene rings is 1. The summed E-state index contributed by atoms with van der Waals surface area (Å²) in [5.41, 5.74) is 3.70. The van der Waals surface area contributed by atoms with Gasteiger partial charge in [0.25, 0.3) is 0 Å². The normalized spacial score (nSPS) is 11.6. The first-order valence-electron chi connectivity index (χ1n) is 9.00. The lowest BCUT2D eigenvalue weighted by molar-refractivity contribution is 0.269. The van der Waals surface area contributed by atoms with Crippen LogP contribution in [-0.4, -0.2) is 56.2 Å². The Hall–Kier alpha value is -3.44. The van der Waals surface area contributed by atoms with Gasteiger partial charge in [-0.25, -0.2) is 14.6 Å². The molecule has 0 aliphatic rings. The molecule has 0 bridgehead atoms. The largest absolute Gasteiger partial charge is 0.394 e. The summed E-state index contributed by atoms with van der Waals surface area (Å²) in [7, 11) is 0. The molecule has 0 aromatic carbocycles. The van der Waals surface area contributed by atoms with Gasteiger partial charge in [-0.05, 0) is 6.07 Å². The van der Waals surface area contributed by atoms with Crippen molar-refractivity contribution in [3.05, 3.63) is 48.4 Å². The molecule has 5 heterocycles. The molecule has 1 N–H and O–H groups in total. The van der Waals surface area contributed by atoms with Crippen LogP contribution in [0.1, 0.15) is 4.88 Å². The topological polar surface area (TPSA) is 112 Å². The lowest BCUT2D eigenvalue weighted by Gasteiger charge is -2.01. The second-order valence-corrected chi connectivity index (χ2v) is 7.61. The van der Waals surface area contributed by atoms with Gasteiger partial charge in [-0.2, -0.15) is 10.2 Å². The molecule has 29 heavy (non-hydrogen) atoms. The Labute approximate surface area is 168 Å². The fourth-order valence-corrected chi connectivity index (χ4v) is 4.15. The average Bonchev–Trinajstić information content (AvgIpc) is 3.49. The molecular formula is C18H17N9OS. The zero-order valence-corrected chi connectivity index (χ0v) is 16.2. The van der Waals surface area contributed by atoms with Crippen LogP contribution in [0.3, 0.4) is 0 Å². The molecular weight excluding hydrogens is 390 g/mol. The predicted octanol–water partition coefficient (Wildman–Crippen LogP) is 1.72. The third kappa shape index (κ3) is 3.19. The third-order valence-electron chi connectivity index (χ3n) is 4.48. The van der Waals surface area contributed by atoms with Crippen molar-refractivity contribution in [2.45, 2.75) is 19.6 Å². The highest BCUT2D eigenvalue weighted by Crippen LogP contribution is 2.27. The Morgan fingerprint density at radius 2 is 2.10 bits per heavy atom. The maximum Gasteiger partial charge on any atom is 0.221 e. The first kappa shape index (κ1) is 17.6. The molecule has 0 saturated carbocycles. The Morgan fingerprint density at radius 1 is 1.17 bits per heavy atom. The number of fused-ring (bicyclic) bond motifs is 2. The Balaban J connectivity index is 1.47. The van der Waals surface area contributed by atoms with Gasteiger partial charge in [-0.15, -0.1) is 23.0 Å². The first-order valence-corrected chi connectivity index (χ1v) is 9.82. The molecule has 0 spiro atoms. The van der Waals surface area contributed by atoms with Gasteiger partial charge in [0.1, 0.15) is 0 Å². The summed E-state index contributed by atoms with van der Waals surface area (Å²) in [5, 5.41) is 26.0. The van der Waals surface area contributed by atoms with Crippen LogP contribution in [-0.2, 0) is 19.6 Å². The van der Waals surface area contributed by atoms with Gasteiger partial charge in [0.05, 0.1) is 60.7 Å². The van der Waals surface area contributed by atoms with Gasteiger partial charge in [-0.1, -0.05) is 11.3 Å². The number of aliphatic hydroxyl groups excluding tert-OH is 1. The highest BCUT2D eigenvalue weighted by atomic mass is 32.1. The average molecular weight is 407 g/mol. The molecule has 10 nitrogen and oxygen atoms in total. The van der Waals surface area contributed by atoms with E-state index in [2.05, 4.69) is 38.1 Å². The molecule has 0 amide bonds. The van der Waals surface area contributed by atoms with E-state index in [1.807, 2.05) is 23.2 Å². The van der Waals surface area contributed by atoms with E-state index in [0.717, 1.165) is 20.7 Å². The summed E-state index contributed by atoms with van der Waals surface area (Å²) in [6.45, 7) is 5.46. The second kappa shape index (κ2) is 7.18. The minimum atomic E-state index is 0.0300. The molecule has 0 saturated heterocycles. The molecule has 5 aromatic heterocycles. The smallest absolute Gasteiger partial charge is 0.221 e. The molecule has 146 valence electrons. The molecule has 0 unspecified atom stereocenters. The maximum absolute atomic E-state index is 9.06. The number of hydrogen-bond acceptors (Lipinski definition) is 8. The lowest BCUT2D eigenvalue weighted by atomic mass is 10.3. The van der Waals surface area contributed by atoms with E-state index in [0.29, 0.717) is 36.6 Å². The Morgan fingerprint density at radius 3 is 2.97 bits per heavy atom. The molecule has 11 heteroatoms. The summed E-state index contributed by atoms with van der Waals surface area (Å²) in [5.74, 6) is 0. The first-order chi connectivity index (χ1) is 14.2. The molecule has 0 aliphatic heterocycles. The highest BCUT2D eigenvalue weighted by molar-refractivity contribution is 7.19. The van der Waals surface area contributed by atoms with E-state index in [-0.39, 0.29) is 6.61 Å². The fraction of sp³-hybridized carbons (Fsp3) is 0.222. The molecule has 0 fully saturated rings. The maximum atomic E-state index is 9.06. The minimum Gasteiger partial charge on any atom is -0.394 e. The van der Waals surface area contributed by atoms with Crippen LogP contribution in [0.25, 0.3) is 32.8 Å². The summed E-state index contributed by atoms with van der Waals surface area (Å²) in [4.78, 5) is 10.2. The molecule has 0 aliphatic carbocycles. The van der Waals surface area contributed by atoms with E-state index in [9.17, 15) is 0 Å². The third-order valence-corrected chi connectivity index (χ3v) is 5.52. The standard InChI is InChI=1S/C18H17N9OS/c1-2-3-26-15-6-13(29-16(15)9-21-26)11-27-18-17(23-24-27)19-8-14(22-18)12-7-20-25(10-12)4-5-28/h2,6-10,28H,1,3-5,11H2. The van der Waals surface area contributed by atoms with E-state index in [1.54, 1.807) is 33.1 Å². The Bertz CT molecular complexity index is 1310. The predicted molar refractivity (Wildman–Crippen MR) is 108 cm³/mol. The summed E-state index contributed by atoms with van der Waals surface area (Å²) in [6.07, 6.45) is 8.89. The summed E-state index contributed by atoms with van der Waals surface area (Å²) < 4.78 is 6.46. The summed E-state index contributed by atoms with van der Waals surface area (Å²) >= 11 is 1.67. The number of allylic oxidation sites excluding steroid dienone is 1. The van der Waals surface area contributed by atoms with Crippen molar-refractivity contribution >= 4 is 32.8 Å². The van der Waals surface area contributed by atoms with Gasteiger partial charge in [0.15, 0.2) is 5.65 Å². The monoisotopic (exact) mass is 407 g/mol. The number of rotatable bonds is 7. The van der Waals surface area contributed by atoms with Gasteiger partial charge < -0.3 is 5.11 Å². The zero-order chi connectivity index (χ0) is 19.8. The van der Waals surface area contributed by atoms with E-state index in [1.165, 1.54) is 0 Å².